The van der Waals surface area contributed by atoms with Crippen LogP contribution < -0.4 is 11.2 Å². The molecule has 0 spiro atoms. The van der Waals surface area contributed by atoms with Crippen molar-refractivity contribution < 1.29 is 17.5 Å². The first-order valence-electron chi connectivity index (χ1n) is 4.38. The molecule has 8 nitrogen and oxygen atoms in total. The molecule has 0 atom stereocenters. The number of nitrogens with two attached hydrogens (primary N) is 1. The van der Waals surface area contributed by atoms with E-state index in [0.29, 0.717) is 15.6 Å². The number of nitrogens with one attached hydrogen (secondary N) is 2. The molecule has 0 aliphatic heterocycles. The fraction of sp³-hybridized carbons (Fsp3) is 0. The smallest absolute Gasteiger partial charge is 0.369 e. The average Bonchev–Trinajstić information content (AvgIpc) is 2.19. The van der Waals surface area contributed by atoms with Crippen LogP contribution in [0.3, 0.4) is 0 Å². The Hall–Kier alpha value is -1.39. The second-order valence-corrected chi connectivity index (χ2v) is 4.58. The molecule has 1 rings (SSSR count). The molecular weight excluding hydrogens is 319 g/mol. The van der Waals surface area contributed by atoms with Crippen molar-refractivity contribution >= 4 is 45.8 Å². The highest BCUT2D eigenvalue weighted by atomic mass is 35.5. The Kier molecular flexibility index (Phi) is 7.34. The van der Waals surface area contributed by atoms with Crippen LogP contribution in [0.5, 0.6) is 0 Å². The third-order valence-corrected chi connectivity index (χ3v) is 2.04. The van der Waals surface area contributed by atoms with Crippen molar-refractivity contribution in [3.05, 3.63) is 33.8 Å². The first-order valence-corrected chi connectivity index (χ1v) is 6.53. The second-order valence-electron chi connectivity index (χ2n) is 2.87. The molecule has 0 heterocycles. The highest BCUT2D eigenvalue weighted by Gasteiger charge is 2.01. The summed E-state index contributed by atoms with van der Waals surface area (Å²) in [5.74, 6) is -0.246. The second kappa shape index (κ2) is 7.92. The van der Waals surface area contributed by atoms with Gasteiger partial charge in [-0.3, -0.25) is 14.5 Å². The number of nitrogens with zero attached hydrogens (tertiary/aromatic N) is 1. The molecule has 19 heavy (non-hydrogen) atoms. The molecule has 0 aliphatic rings. The van der Waals surface area contributed by atoms with Crippen molar-refractivity contribution in [3.63, 3.8) is 0 Å². The van der Waals surface area contributed by atoms with E-state index in [1.807, 2.05) is 0 Å². The van der Waals surface area contributed by atoms with Crippen molar-refractivity contribution in [2.24, 2.45) is 10.8 Å². The third-order valence-electron chi connectivity index (χ3n) is 1.38. The lowest BCUT2D eigenvalue weighted by Crippen LogP contribution is -2.25. The minimum absolute atomic E-state index is 0.246. The van der Waals surface area contributed by atoms with Crippen LogP contribution in [0.4, 0.5) is 0 Å². The van der Waals surface area contributed by atoms with E-state index >= 15 is 0 Å². The molecule has 6 N–H and O–H groups in total. The van der Waals surface area contributed by atoms with Gasteiger partial charge in [-0.2, -0.15) is 13.5 Å². The minimum Gasteiger partial charge on any atom is -0.369 e. The molecule has 106 valence electrons. The van der Waals surface area contributed by atoms with Crippen LogP contribution in [0.25, 0.3) is 0 Å². The van der Waals surface area contributed by atoms with E-state index in [0.717, 1.165) is 0 Å². The quantitative estimate of drug-likeness (QED) is 0.238. The van der Waals surface area contributed by atoms with E-state index in [-0.39, 0.29) is 5.96 Å². The standard InChI is InChI=1S/C8H8Cl2N4.H2O4S/c9-6-2-1-3-7(10)5(6)4-13-14-8(11)12;1-5(2,3)4/h1-4H,(H4,11,12,14);(H2,1,2,3,4)/b13-4+;. The summed E-state index contributed by atoms with van der Waals surface area (Å²) >= 11 is 11.7. The van der Waals surface area contributed by atoms with Crippen LogP contribution in [0.2, 0.25) is 10.0 Å². The first kappa shape index (κ1) is 17.6. The average molecular weight is 329 g/mol. The zero-order chi connectivity index (χ0) is 15.1. The SMILES string of the molecule is N=C(N)N/N=C/c1c(Cl)cccc1Cl.O=S(=O)(O)O. The number of hydrogen-bond donors (Lipinski definition) is 5. The molecule has 0 radical (unpaired) electrons. The summed E-state index contributed by atoms with van der Waals surface area (Å²) < 4.78 is 31.6. The summed E-state index contributed by atoms with van der Waals surface area (Å²) in [7, 11) is -4.67. The van der Waals surface area contributed by atoms with E-state index in [4.69, 9.17) is 51.9 Å². The maximum Gasteiger partial charge on any atom is 0.394 e. The molecule has 0 amide bonds. The van der Waals surface area contributed by atoms with Gasteiger partial charge in [0.05, 0.1) is 16.3 Å². The lowest BCUT2D eigenvalue weighted by Gasteiger charge is -2.00. The van der Waals surface area contributed by atoms with Crippen molar-refractivity contribution in [1.29, 1.82) is 5.41 Å². The third kappa shape index (κ3) is 10.2. The maximum absolute atomic E-state index is 8.74. The Morgan fingerprint density at radius 1 is 1.37 bits per heavy atom. The van der Waals surface area contributed by atoms with E-state index in [2.05, 4.69) is 10.5 Å². The van der Waals surface area contributed by atoms with Crippen molar-refractivity contribution in [1.82, 2.24) is 5.43 Å². The van der Waals surface area contributed by atoms with Gasteiger partial charge >= 0.3 is 10.4 Å². The monoisotopic (exact) mass is 328 g/mol. The van der Waals surface area contributed by atoms with Crippen LogP contribution in [-0.2, 0) is 10.4 Å². The van der Waals surface area contributed by atoms with Gasteiger partial charge < -0.3 is 5.73 Å². The summed E-state index contributed by atoms with van der Waals surface area (Å²) in [6, 6.07) is 5.13. The fourth-order valence-electron chi connectivity index (χ4n) is 0.800. The lowest BCUT2D eigenvalue weighted by molar-refractivity contribution is 0.381. The first-order chi connectivity index (χ1) is 8.61. The number of guanidine groups is 1. The van der Waals surface area contributed by atoms with Crippen molar-refractivity contribution in [3.8, 4) is 0 Å². The molecule has 0 fully saturated rings. The largest absolute Gasteiger partial charge is 0.394 e. The van der Waals surface area contributed by atoms with Crippen LogP contribution in [-0.4, -0.2) is 29.7 Å². The van der Waals surface area contributed by atoms with E-state index < -0.39 is 10.4 Å². The Bertz CT molecular complexity index is 548. The zero-order valence-corrected chi connectivity index (χ0v) is 11.5. The van der Waals surface area contributed by atoms with Crippen LogP contribution in [0.15, 0.2) is 23.3 Å². The normalized spacial score (nSPS) is 10.7. The number of benzene rings is 1. The van der Waals surface area contributed by atoms with Crippen molar-refractivity contribution in [2.75, 3.05) is 0 Å². The van der Waals surface area contributed by atoms with Gasteiger partial charge in [-0.05, 0) is 12.1 Å². The van der Waals surface area contributed by atoms with Gasteiger partial charge in [-0.15, -0.1) is 0 Å². The summed E-state index contributed by atoms with van der Waals surface area (Å²) in [5, 5.41) is 11.5. The predicted molar refractivity (Wildman–Crippen MR) is 73.3 cm³/mol. The topological polar surface area (TPSA) is 149 Å². The Morgan fingerprint density at radius 2 is 1.79 bits per heavy atom. The molecule has 0 bridgehead atoms. The van der Waals surface area contributed by atoms with Crippen LogP contribution in [0, 0.1) is 5.41 Å². The van der Waals surface area contributed by atoms with Crippen LogP contribution >= 0.6 is 23.2 Å². The van der Waals surface area contributed by atoms with Gasteiger partial charge in [0.15, 0.2) is 0 Å². The van der Waals surface area contributed by atoms with Gasteiger partial charge in [-0.25, -0.2) is 5.43 Å². The summed E-state index contributed by atoms with van der Waals surface area (Å²) in [6.07, 6.45) is 1.41. The maximum atomic E-state index is 8.74. The summed E-state index contributed by atoms with van der Waals surface area (Å²) in [6.45, 7) is 0. The molecule has 0 saturated carbocycles. The van der Waals surface area contributed by atoms with E-state index in [9.17, 15) is 0 Å². The molecule has 11 heteroatoms. The minimum atomic E-state index is -4.67. The Balaban J connectivity index is 0.000000555. The van der Waals surface area contributed by atoms with E-state index in [1.54, 1.807) is 18.2 Å². The van der Waals surface area contributed by atoms with Gasteiger partial charge in [-0.1, -0.05) is 29.3 Å². The Labute approximate surface area is 119 Å². The molecule has 1 aromatic rings. The van der Waals surface area contributed by atoms with E-state index in [1.165, 1.54) is 6.21 Å². The lowest BCUT2D eigenvalue weighted by atomic mass is 10.2. The number of halogens is 2. The highest BCUT2D eigenvalue weighted by molar-refractivity contribution is 7.79. The van der Waals surface area contributed by atoms with Gasteiger partial charge in [0.1, 0.15) is 0 Å². The highest BCUT2D eigenvalue weighted by Crippen LogP contribution is 2.21. The summed E-state index contributed by atoms with van der Waals surface area (Å²) in [5.41, 5.74) is 7.87. The number of hydrogen-bond acceptors (Lipinski definition) is 4. The summed E-state index contributed by atoms with van der Waals surface area (Å²) in [4.78, 5) is 0. The van der Waals surface area contributed by atoms with Crippen LogP contribution in [0.1, 0.15) is 5.56 Å². The zero-order valence-electron chi connectivity index (χ0n) is 9.21. The predicted octanol–water partition coefficient (Wildman–Crippen LogP) is 1.16. The van der Waals surface area contributed by atoms with Gasteiger partial charge in [0, 0.05) is 5.56 Å². The molecule has 0 unspecified atom stereocenters. The fourth-order valence-corrected chi connectivity index (χ4v) is 1.30. The molecule has 1 aromatic carbocycles. The molecule has 0 aromatic heterocycles. The van der Waals surface area contributed by atoms with Crippen molar-refractivity contribution in [2.45, 2.75) is 0 Å². The van der Waals surface area contributed by atoms with Gasteiger partial charge in [0.25, 0.3) is 0 Å². The van der Waals surface area contributed by atoms with Gasteiger partial charge in [0.2, 0.25) is 5.96 Å². The molecule has 0 saturated heterocycles. The molecular formula is C8H10Cl2N4O4S. The number of hydrazone groups is 1. The molecule has 0 aliphatic carbocycles. The number of rotatable bonds is 2. The Morgan fingerprint density at radius 3 is 2.16 bits per heavy atom.